The fourth-order valence-electron chi connectivity index (χ4n) is 2.69. The molecule has 0 saturated carbocycles. The number of hydrogen-bond donors (Lipinski definition) is 1. The van der Waals surface area contributed by atoms with Crippen molar-refractivity contribution in [3.63, 3.8) is 0 Å². The minimum absolute atomic E-state index is 0.0877. The summed E-state index contributed by atoms with van der Waals surface area (Å²) < 4.78 is 19.6. The molecule has 0 amide bonds. The van der Waals surface area contributed by atoms with Gasteiger partial charge in [0.2, 0.25) is 5.88 Å². The first-order valence-corrected chi connectivity index (χ1v) is 7.88. The molecular formula is C16H18ClFN4O. The van der Waals surface area contributed by atoms with Crippen LogP contribution in [0.15, 0.2) is 30.6 Å². The molecule has 2 heterocycles. The summed E-state index contributed by atoms with van der Waals surface area (Å²) in [4.78, 5) is 8.67. The van der Waals surface area contributed by atoms with Crippen molar-refractivity contribution in [3.05, 3.63) is 52.7 Å². The lowest BCUT2D eigenvalue weighted by Gasteiger charge is -2.28. The quantitative estimate of drug-likeness (QED) is 0.870. The van der Waals surface area contributed by atoms with Gasteiger partial charge in [-0.2, -0.15) is 0 Å². The van der Waals surface area contributed by atoms with E-state index in [0.29, 0.717) is 16.5 Å². The van der Waals surface area contributed by atoms with Crippen molar-refractivity contribution in [2.75, 3.05) is 13.1 Å². The maximum atomic E-state index is 13.8. The van der Waals surface area contributed by atoms with Crippen LogP contribution in [0.25, 0.3) is 0 Å². The van der Waals surface area contributed by atoms with E-state index in [1.165, 1.54) is 6.07 Å². The Morgan fingerprint density at radius 3 is 2.74 bits per heavy atom. The van der Waals surface area contributed by atoms with Crippen LogP contribution in [0, 0.1) is 5.82 Å². The Hall–Kier alpha value is -1.76. The summed E-state index contributed by atoms with van der Waals surface area (Å²) >= 11 is 5.76. The molecule has 7 heteroatoms. The molecule has 1 aromatic heterocycles. The summed E-state index contributed by atoms with van der Waals surface area (Å²) in [6.07, 6.45) is 5.04. The molecule has 5 nitrogen and oxygen atoms in total. The molecule has 2 aromatic rings. The smallest absolute Gasteiger partial charge is 0.236 e. The van der Waals surface area contributed by atoms with Gasteiger partial charge in [-0.25, -0.2) is 14.4 Å². The van der Waals surface area contributed by atoms with Gasteiger partial charge >= 0.3 is 0 Å². The molecule has 3 rings (SSSR count). The first kappa shape index (κ1) is 16.1. The van der Waals surface area contributed by atoms with Crippen molar-refractivity contribution in [3.8, 4) is 5.88 Å². The van der Waals surface area contributed by atoms with Gasteiger partial charge in [0.25, 0.3) is 0 Å². The Bertz CT molecular complexity index is 677. The zero-order valence-corrected chi connectivity index (χ0v) is 13.3. The van der Waals surface area contributed by atoms with Crippen molar-refractivity contribution < 1.29 is 9.13 Å². The fourth-order valence-corrected chi connectivity index (χ4v) is 2.84. The lowest BCUT2D eigenvalue weighted by Crippen LogP contribution is -2.38. The second-order valence-electron chi connectivity index (χ2n) is 5.58. The van der Waals surface area contributed by atoms with Gasteiger partial charge in [-0.3, -0.25) is 10.8 Å². The Balaban J connectivity index is 1.73. The Labute approximate surface area is 139 Å². The summed E-state index contributed by atoms with van der Waals surface area (Å²) in [7, 11) is 0. The minimum Gasteiger partial charge on any atom is -0.471 e. The highest BCUT2D eigenvalue weighted by Gasteiger charge is 2.23. The van der Waals surface area contributed by atoms with Gasteiger partial charge < -0.3 is 4.74 Å². The molecule has 0 aliphatic carbocycles. The minimum atomic E-state index is -0.389. The summed E-state index contributed by atoms with van der Waals surface area (Å²) in [6.45, 7) is 1.71. The molecule has 122 valence electrons. The molecule has 1 saturated heterocycles. The van der Waals surface area contributed by atoms with Crippen molar-refractivity contribution in [1.82, 2.24) is 15.0 Å². The Morgan fingerprint density at radius 2 is 2.00 bits per heavy atom. The highest BCUT2D eigenvalue weighted by atomic mass is 35.5. The number of piperidine rings is 1. The highest BCUT2D eigenvalue weighted by Crippen LogP contribution is 2.31. The van der Waals surface area contributed by atoms with E-state index >= 15 is 0 Å². The molecule has 0 atom stereocenters. The number of benzene rings is 1. The first-order valence-electron chi connectivity index (χ1n) is 7.51. The van der Waals surface area contributed by atoms with E-state index in [0.717, 1.165) is 31.6 Å². The van der Waals surface area contributed by atoms with Crippen LogP contribution in [0.1, 0.15) is 30.0 Å². The van der Waals surface area contributed by atoms with E-state index in [1.54, 1.807) is 29.5 Å². The summed E-state index contributed by atoms with van der Waals surface area (Å²) in [5, 5.41) is 2.16. The third-order valence-electron chi connectivity index (χ3n) is 3.99. The lowest BCUT2D eigenvalue weighted by atomic mass is 9.94. The first-order chi connectivity index (χ1) is 11.1. The van der Waals surface area contributed by atoms with Gasteiger partial charge in [0.1, 0.15) is 18.1 Å². The van der Waals surface area contributed by atoms with Crippen molar-refractivity contribution in [2.24, 2.45) is 5.84 Å². The average molecular weight is 337 g/mol. The third-order valence-corrected chi connectivity index (χ3v) is 4.22. The predicted molar refractivity (Wildman–Crippen MR) is 85.5 cm³/mol. The maximum Gasteiger partial charge on any atom is 0.236 e. The van der Waals surface area contributed by atoms with Crippen LogP contribution >= 0.6 is 11.6 Å². The van der Waals surface area contributed by atoms with E-state index in [2.05, 4.69) is 9.97 Å². The normalized spacial score (nSPS) is 16.5. The standard InChI is InChI=1S/C16H18ClFN4O/c17-13-2-1-12(14(18)9-13)10-23-16-15(20-5-6-21-16)11-3-7-22(19)8-4-11/h1-2,5-6,9,11H,3-4,7-8,10,19H2. The predicted octanol–water partition coefficient (Wildman–Crippen LogP) is 2.90. The molecular weight excluding hydrogens is 319 g/mol. The summed E-state index contributed by atoms with van der Waals surface area (Å²) in [6, 6.07) is 4.52. The van der Waals surface area contributed by atoms with Crippen LogP contribution in [0.2, 0.25) is 5.02 Å². The number of hydrogen-bond acceptors (Lipinski definition) is 5. The van der Waals surface area contributed by atoms with E-state index in [9.17, 15) is 4.39 Å². The van der Waals surface area contributed by atoms with Crippen molar-refractivity contribution >= 4 is 11.6 Å². The number of ether oxygens (including phenoxy) is 1. The molecule has 23 heavy (non-hydrogen) atoms. The molecule has 1 aliphatic rings. The number of nitrogens with zero attached hydrogens (tertiary/aromatic N) is 3. The molecule has 1 fully saturated rings. The third kappa shape index (κ3) is 3.96. The molecule has 0 bridgehead atoms. The molecule has 1 aromatic carbocycles. The fraction of sp³-hybridized carbons (Fsp3) is 0.375. The van der Waals surface area contributed by atoms with Crippen molar-refractivity contribution in [1.29, 1.82) is 0 Å². The molecule has 0 radical (unpaired) electrons. The summed E-state index contributed by atoms with van der Waals surface area (Å²) in [5.41, 5.74) is 1.25. The van der Waals surface area contributed by atoms with Crippen LogP contribution in [-0.4, -0.2) is 28.1 Å². The Morgan fingerprint density at radius 1 is 1.26 bits per heavy atom. The van der Waals surface area contributed by atoms with Gasteiger partial charge in [-0.1, -0.05) is 17.7 Å². The van der Waals surface area contributed by atoms with Gasteiger partial charge in [0, 0.05) is 42.0 Å². The highest BCUT2D eigenvalue weighted by molar-refractivity contribution is 6.30. The van der Waals surface area contributed by atoms with Gasteiger partial charge in [-0.05, 0) is 25.0 Å². The number of nitrogens with two attached hydrogens (primary N) is 1. The summed E-state index contributed by atoms with van der Waals surface area (Å²) in [5.74, 6) is 6.11. The van der Waals surface area contributed by atoms with E-state index in [1.807, 2.05) is 0 Å². The molecule has 1 aliphatic heterocycles. The largest absolute Gasteiger partial charge is 0.471 e. The number of hydrazine groups is 1. The van der Waals surface area contributed by atoms with Crippen LogP contribution in [0.5, 0.6) is 5.88 Å². The number of halogens is 2. The molecule has 2 N–H and O–H groups in total. The van der Waals surface area contributed by atoms with E-state index in [4.69, 9.17) is 22.2 Å². The van der Waals surface area contributed by atoms with Crippen molar-refractivity contribution in [2.45, 2.75) is 25.4 Å². The van der Waals surface area contributed by atoms with E-state index in [-0.39, 0.29) is 18.3 Å². The zero-order chi connectivity index (χ0) is 16.2. The SMILES string of the molecule is NN1CCC(c2nccnc2OCc2ccc(Cl)cc2F)CC1. The van der Waals surface area contributed by atoms with Crippen LogP contribution in [-0.2, 0) is 6.61 Å². The zero-order valence-electron chi connectivity index (χ0n) is 12.6. The Kier molecular flexibility index (Phi) is 5.05. The average Bonchev–Trinajstić information content (AvgIpc) is 2.55. The number of aromatic nitrogens is 2. The molecule has 0 spiro atoms. The van der Waals surface area contributed by atoms with Crippen LogP contribution < -0.4 is 10.6 Å². The molecule has 0 unspecified atom stereocenters. The van der Waals surface area contributed by atoms with Gasteiger partial charge in [0.15, 0.2) is 0 Å². The number of rotatable bonds is 4. The maximum absolute atomic E-state index is 13.8. The van der Waals surface area contributed by atoms with Gasteiger partial charge in [0.05, 0.1) is 0 Å². The second-order valence-corrected chi connectivity index (χ2v) is 6.02. The van der Waals surface area contributed by atoms with E-state index < -0.39 is 0 Å². The van der Waals surface area contributed by atoms with Crippen LogP contribution in [0.4, 0.5) is 4.39 Å². The monoisotopic (exact) mass is 336 g/mol. The second kappa shape index (κ2) is 7.21. The van der Waals surface area contributed by atoms with Gasteiger partial charge in [-0.15, -0.1) is 0 Å². The van der Waals surface area contributed by atoms with Crippen LogP contribution in [0.3, 0.4) is 0 Å². The topological polar surface area (TPSA) is 64.3 Å². The lowest BCUT2D eigenvalue weighted by molar-refractivity contribution is 0.210.